The van der Waals surface area contributed by atoms with Crippen LogP contribution in [0.5, 0.6) is 0 Å². The minimum Gasteiger partial charge on any atom is -0.223 e. The number of hydrogen-bond donors (Lipinski definition) is 0. The van der Waals surface area contributed by atoms with Gasteiger partial charge in [0, 0.05) is 10.0 Å². The zero-order valence-corrected chi connectivity index (χ0v) is 13.8. The average molecular weight is 351 g/mol. The van der Waals surface area contributed by atoms with Gasteiger partial charge in [-0.2, -0.15) is 0 Å². The van der Waals surface area contributed by atoms with Crippen LogP contribution >= 0.6 is 23.2 Å². The van der Waals surface area contributed by atoms with Crippen LogP contribution in [0, 0.1) is 0 Å². The van der Waals surface area contributed by atoms with Gasteiger partial charge in [-0.25, -0.2) is 8.42 Å². The number of sulfone groups is 1. The Bertz CT molecular complexity index is 950. The first-order valence-electron chi connectivity index (χ1n) is 6.61. The second-order valence-electron chi connectivity index (χ2n) is 5.00. The maximum absolute atomic E-state index is 12.6. The number of hydrogen-bond acceptors (Lipinski definition) is 2. The molecule has 0 aliphatic carbocycles. The molecule has 0 amide bonds. The summed E-state index contributed by atoms with van der Waals surface area (Å²) in [5, 5.41) is 2.74. The first-order valence-corrected chi connectivity index (χ1v) is 9.02. The normalized spacial score (nSPS) is 11.7. The van der Waals surface area contributed by atoms with E-state index in [4.69, 9.17) is 23.2 Å². The predicted octanol–water partition coefficient (Wildman–Crippen LogP) is 5.12. The Balaban J connectivity index is 2.00. The highest BCUT2D eigenvalue weighted by Gasteiger charge is 2.17. The van der Waals surface area contributed by atoms with Crippen molar-refractivity contribution in [2.45, 2.75) is 10.6 Å². The lowest BCUT2D eigenvalue weighted by Crippen LogP contribution is -2.05. The van der Waals surface area contributed by atoms with Crippen LogP contribution in [0.4, 0.5) is 0 Å². The van der Waals surface area contributed by atoms with Crippen LogP contribution in [0.3, 0.4) is 0 Å². The lowest BCUT2D eigenvalue weighted by atomic mass is 10.1. The topological polar surface area (TPSA) is 34.1 Å². The van der Waals surface area contributed by atoms with Crippen LogP contribution in [-0.2, 0) is 15.6 Å². The van der Waals surface area contributed by atoms with Crippen molar-refractivity contribution < 1.29 is 8.42 Å². The van der Waals surface area contributed by atoms with Crippen LogP contribution in [0.2, 0.25) is 10.0 Å². The van der Waals surface area contributed by atoms with Gasteiger partial charge in [0.1, 0.15) is 0 Å². The standard InChI is InChI=1S/C17H12Cl2O2S/c18-15-7-5-14(17(19)10-15)11-22(20,21)16-8-6-12-3-1-2-4-13(12)9-16/h1-10H,11H2. The molecule has 0 spiro atoms. The van der Waals surface area contributed by atoms with E-state index in [0.717, 1.165) is 10.8 Å². The van der Waals surface area contributed by atoms with Gasteiger partial charge in [-0.15, -0.1) is 0 Å². The van der Waals surface area contributed by atoms with Crippen LogP contribution in [-0.4, -0.2) is 8.42 Å². The molecule has 112 valence electrons. The molecule has 0 atom stereocenters. The Kier molecular flexibility index (Phi) is 4.13. The summed E-state index contributed by atoms with van der Waals surface area (Å²) in [6.07, 6.45) is 0. The summed E-state index contributed by atoms with van der Waals surface area (Å²) in [6.45, 7) is 0. The van der Waals surface area contributed by atoms with E-state index in [1.54, 1.807) is 30.3 Å². The highest BCUT2D eigenvalue weighted by Crippen LogP contribution is 2.26. The Morgan fingerprint density at radius 1 is 0.818 bits per heavy atom. The number of halogens is 2. The first kappa shape index (κ1) is 15.3. The summed E-state index contributed by atoms with van der Waals surface area (Å²) >= 11 is 11.9. The van der Waals surface area contributed by atoms with E-state index in [1.165, 1.54) is 0 Å². The van der Waals surface area contributed by atoms with Crippen molar-refractivity contribution >= 4 is 43.8 Å². The molecule has 0 N–H and O–H groups in total. The van der Waals surface area contributed by atoms with Crippen molar-refractivity contribution in [3.63, 3.8) is 0 Å². The highest BCUT2D eigenvalue weighted by atomic mass is 35.5. The zero-order chi connectivity index (χ0) is 15.7. The van der Waals surface area contributed by atoms with Crippen LogP contribution in [0.15, 0.2) is 65.6 Å². The number of benzene rings is 3. The monoisotopic (exact) mass is 350 g/mol. The van der Waals surface area contributed by atoms with E-state index in [9.17, 15) is 8.42 Å². The highest BCUT2D eigenvalue weighted by molar-refractivity contribution is 7.90. The maximum Gasteiger partial charge on any atom is 0.182 e. The summed E-state index contributed by atoms with van der Waals surface area (Å²) in [4.78, 5) is 0.289. The van der Waals surface area contributed by atoms with Gasteiger partial charge in [-0.1, -0.05) is 59.6 Å². The lowest BCUT2D eigenvalue weighted by Gasteiger charge is -2.08. The molecule has 5 heteroatoms. The molecule has 0 saturated heterocycles. The van der Waals surface area contributed by atoms with Gasteiger partial charge >= 0.3 is 0 Å². The lowest BCUT2D eigenvalue weighted by molar-refractivity contribution is 0.595. The molecule has 0 bridgehead atoms. The second-order valence-corrected chi connectivity index (χ2v) is 7.84. The van der Waals surface area contributed by atoms with Crippen molar-refractivity contribution in [1.82, 2.24) is 0 Å². The fourth-order valence-corrected chi connectivity index (χ4v) is 4.25. The quantitative estimate of drug-likeness (QED) is 0.656. The largest absolute Gasteiger partial charge is 0.223 e. The number of rotatable bonds is 3. The van der Waals surface area contributed by atoms with E-state index < -0.39 is 9.84 Å². The van der Waals surface area contributed by atoms with E-state index in [2.05, 4.69) is 0 Å². The third-order valence-electron chi connectivity index (χ3n) is 3.44. The molecular formula is C17H12Cl2O2S. The third-order valence-corrected chi connectivity index (χ3v) is 5.69. The van der Waals surface area contributed by atoms with Crippen LogP contribution in [0.1, 0.15) is 5.56 Å². The SMILES string of the molecule is O=S(=O)(Cc1ccc(Cl)cc1Cl)c1ccc2ccccc2c1. The summed E-state index contributed by atoms with van der Waals surface area (Å²) < 4.78 is 25.2. The first-order chi connectivity index (χ1) is 10.5. The molecule has 0 aliphatic rings. The summed E-state index contributed by atoms with van der Waals surface area (Å²) in [5.74, 6) is -0.151. The van der Waals surface area contributed by atoms with Gasteiger partial charge in [0.15, 0.2) is 9.84 Å². The molecule has 3 rings (SSSR count). The molecule has 3 aromatic rings. The smallest absolute Gasteiger partial charge is 0.182 e. The molecule has 22 heavy (non-hydrogen) atoms. The molecule has 0 radical (unpaired) electrons. The zero-order valence-electron chi connectivity index (χ0n) is 11.5. The van der Waals surface area contributed by atoms with Gasteiger partial charge in [-0.05, 0) is 40.6 Å². The predicted molar refractivity (Wildman–Crippen MR) is 91.3 cm³/mol. The van der Waals surface area contributed by atoms with E-state index in [1.807, 2.05) is 30.3 Å². The van der Waals surface area contributed by atoms with Crippen molar-refractivity contribution in [1.29, 1.82) is 0 Å². The van der Waals surface area contributed by atoms with Crippen molar-refractivity contribution in [2.24, 2.45) is 0 Å². The van der Waals surface area contributed by atoms with E-state index in [-0.39, 0.29) is 10.6 Å². The summed E-state index contributed by atoms with van der Waals surface area (Å²) in [5.41, 5.74) is 0.541. The van der Waals surface area contributed by atoms with E-state index in [0.29, 0.717) is 15.6 Å². The Hall–Kier alpha value is -1.55. The molecular weight excluding hydrogens is 339 g/mol. The van der Waals surface area contributed by atoms with Gasteiger partial charge in [-0.3, -0.25) is 0 Å². The van der Waals surface area contributed by atoms with E-state index >= 15 is 0 Å². The van der Waals surface area contributed by atoms with Crippen LogP contribution < -0.4 is 0 Å². The molecule has 0 heterocycles. The number of fused-ring (bicyclic) bond motifs is 1. The van der Waals surface area contributed by atoms with Crippen molar-refractivity contribution in [3.8, 4) is 0 Å². The van der Waals surface area contributed by atoms with Crippen molar-refractivity contribution in [2.75, 3.05) is 0 Å². The maximum atomic E-state index is 12.6. The van der Waals surface area contributed by atoms with Gasteiger partial charge < -0.3 is 0 Å². The molecule has 2 nitrogen and oxygen atoms in total. The fourth-order valence-electron chi connectivity index (χ4n) is 2.29. The molecule has 0 unspecified atom stereocenters. The molecule has 0 aromatic heterocycles. The third kappa shape index (κ3) is 3.12. The minimum atomic E-state index is -3.47. The van der Waals surface area contributed by atoms with Gasteiger partial charge in [0.2, 0.25) is 0 Å². The summed E-state index contributed by atoms with van der Waals surface area (Å²) in [6, 6.07) is 17.6. The molecule has 3 aromatic carbocycles. The second kappa shape index (κ2) is 5.92. The molecule has 0 aliphatic heterocycles. The van der Waals surface area contributed by atoms with Gasteiger partial charge in [0.05, 0.1) is 10.6 Å². The molecule has 0 saturated carbocycles. The molecule has 0 fully saturated rings. The van der Waals surface area contributed by atoms with Crippen LogP contribution in [0.25, 0.3) is 10.8 Å². The van der Waals surface area contributed by atoms with Gasteiger partial charge in [0.25, 0.3) is 0 Å². The Morgan fingerprint density at radius 3 is 2.27 bits per heavy atom. The Morgan fingerprint density at radius 2 is 1.55 bits per heavy atom. The average Bonchev–Trinajstić information content (AvgIpc) is 2.49. The van der Waals surface area contributed by atoms with Crippen molar-refractivity contribution in [3.05, 3.63) is 76.3 Å². The minimum absolute atomic E-state index is 0.151. The fraction of sp³-hybridized carbons (Fsp3) is 0.0588. The summed E-state index contributed by atoms with van der Waals surface area (Å²) in [7, 11) is -3.47. The Labute approximate surface area is 139 Å².